The normalized spacial score (nSPS) is 10.1. The Balaban J connectivity index is 2.37. The van der Waals surface area contributed by atoms with Crippen LogP contribution in [0.2, 0.25) is 5.02 Å². The fourth-order valence-electron chi connectivity index (χ4n) is 1.24. The van der Waals surface area contributed by atoms with Crippen molar-refractivity contribution in [2.45, 2.75) is 0 Å². The first-order valence-corrected chi connectivity index (χ1v) is 4.58. The summed E-state index contributed by atoms with van der Waals surface area (Å²) in [6.07, 6.45) is 3.42. The van der Waals surface area contributed by atoms with Crippen LogP contribution in [0.4, 0.5) is 0 Å². The third-order valence-electron chi connectivity index (χ3n) is 1.91. The van der Waals surface area contributed by atoms with E-state index in [-0.39, 0.29) is 5.91 Å². The number of hydrogen-bond acceptors (Lipinski definition) is 1. The molecule has 3 heteroatoms. The average Bonchev–Trinajstić information content (AvgIpc) is 2.69. The van der Waals surface area contributed by atoms with E-state index in [9.17, 15) is 4.79 Å². The summed E-state index contributed by atoms with van der Waals surface area (Å²) in [5.74, 6) is -0.0718. The van der Waals surface area contributed by atoms with E-state index >= 15 is 0 Å². The molecule has 0 N–H and O–H groups in total. The van der Waals surface area contributed by atoms with Gasteiger partial charge in [0.25, 0.3) is 5.91 Å². The smallest absolute Gasteiger partial charge is 0.261 e. The lowest BCUT2D eigenvalue weighted by Crippen LogP contribution is -2.08. The minimum Gasteiger partial charge on any atom is -0.291 e. The second-order valence-corrected chi connectivity index (χ2v) is 3.34. The van der Waals surface area contributed by atoms with E-state index in [0.29, 0.717) is 10.6 Å². The van der Waals surface area contributed by atoms with E-state index in [0.717, 1.165) is 0 Å². The van der Waals surface area contributed by atoms with Gasteiger partial charge in [-0.05, 0) is 30.3 Å². The number of halogens is 1. The van der Waals surface area contributed by atoms with Gasteiger partial charge >= 0.3 is 0 Å². The van der Waals surface area contributed by atoms with Crippen LogP contribution < -0.4 is 0 Å². The van der Waals surface area contributed by atoms with Crippen molar-refractivity contribution in [1.82, 2.24) is 4.57 Å². The predicted molar refractivity (Wildman–Crippen MR) is 55.6 cm³/mol. The number of hydrogen-bond donors (Lipinski definition) is 0. The fourth-order valence-corrected chi connectivity index (χ4v) is 1.43. The lowest BCUT2D eigenvalue weighted by molar-refractivity contribution is 0.0960. The second kappa shape index (κ2) is 3.68. The molecule has 1 aromatic heterocycles. The molecule has 0 radical (unpaired) electrons. The van der Waals surface area contributed by atoms with E-state index in [2.05, 4.69) is 0 Å². The standard InChI is InChI=1S/C11H8ClNO/c12-10-5-3-4-9(8-10)11(14)13-6-1-2-7-13/h1-8H. The van der Waals surface area contributed by atoms with Crippen LogP contribution in [0.15, 0.2) is 48.8 Å². The second-order valence-electron chi connectivity index (χ2n) is 2.91. The van der Waals surface area contributed by atoms with Gasteiger partial charge in [0, 0.05) is 23.0 Å². The lowest BCUT2D eigenvalue weighted by atomic mass is 10.2. The van der Waals surface area contributed by atoms with Crippen molar-refractivity contribution in [2.75, 3.05) is 0 Å². The summed E-state index contributed by atoms with van der Waals surface area (Å²) in [7, 11) is 0. The van der Waals surface area contributed by atoms with Gasteiger partial charge in [-0.2, -0.15) is 0 Å². The Bertz CT molecular complexity index is 448. The number of carbonyl (C=O) groups is 1. The molecule has 0 aliphatic carbocycles. The summed E-state index contributed by atoms with van der Waals surface area (Å²) in [6, 6.07) is 10.5. The maximum atomic E-state index is 11.8. The van der Waals surface area contributed by atoms with Crippen molar-refractivity contribution in [3.63, 3.8) is 0 Å². The molecule has 0 saturated carbocycles. The predicted octanol–water partition coefficient (Wildman–Crippen LogP) is 2.83. The zero-order valence-corrected chi connectivity index (χ0v) is 8.11. The maximum Gasteiger partial charge on any atom is 0.261 e. The number of benzene rings is 1. The lowest BCUT2D eigenvalue weighted by Gasteiger charge is -2.01. The molecule has 0 unspecified atom stereocenters. The van der Waals surface area contributed by atoms with Crippen molar-refractivity contribution in [2.24, 2.45) is 0 Å². The van der Waals surface area contributed by atoms with Crippen LogP contribution in [0.5, 0.6) is 0 Å². The van der Waals surface area contributed by atoms with Crippen LogP contribution in [0.1, 0.15) is 10.4 Å². The quantitative estimate of drug-likeness (QED) is 0.702. The molecule has 0 saturated heterocycles. The molecule has 0 fully saturated rings. The van der Waals surface area contributed by atoms with Crippen molar-refractivity contribution in [3.8, 4) is 0 Å². The molecule has 70 valence electrons. The Hall–Kier alpha value is -1.54. The van der Waals surface area contributed by atoms with Crippen LogP contribution in [0.25, 0.3) is 0 Å². The first-order valence-electron chi connectivity index (χ1n) is 4.20. The van der Waals surface area contributed by atoms with Gasteiger partial charge in [-0.15, -0.1) is 0 Å². The third kappa shape index (κ3) is 1.70. The van der Waals surface area contributed by atoms with Crippen molar-refractivity contribution in [3.05, 3.63) is 59.4 Å². The highest BCUT2D eigenvalue weighted by Gasteiger charge is 2.06. The molecule has 0 atom stereocenters. The summed E-state index contributed by atoms with van der Waals surface area (Å²) in [5, 5.41) is 0.572. The first-order chi connectivity index (χ1) is 6.77. The molecular weight excluding hydrogens is 198 g/mol. The average molecular weight is 206 g/mol. The van der Waals surface area contributed by atoms with Crippen LogP contribution >= 0.6 is 11.6 Å². The van der Waals surface area contributed by atoms with Gasteiger partial charge in [0.05, 0.1) is 0 Å². The van der Waals surface area contributed by atoms with Gasteiger partial charge < -0.3 is 0 Å². The van der Waals surface area contributed by atoms with Gasteiger partial charge in [0.1, 0.15) is 0 Å². The Kier molecular flexibility index (Phi) is 2.37. The molecule has 0 bridgehead atoms. The van der Waals surface area contributed by atoms with E-state index in [4.69, 9.17) is 11.6 Å². The molecule has 2 rings (SSSR count). The molecular formula is C11H8ClNO. The molecule has 0 aliphatic rings. The molecule has 1 aromatic carbocycles. The minimum atomic E-state index is -0.0718. The monoisotopic (exact) mass is 205 g/mol. The largest absolute Gasteiger partial charge is 0.291 e. The van der Waals surface area contributed by atoms with Crippen LogP contribution in [-0.4, -0.2) is 10.5 Å². The van der Waals surface area contributed by atoms with E-state index in [1.807, 2.05) is 12.1 Å². The number of nitrogens with zero attached hydrogens (tertiary/aromatic N) is 1. The summed E-state index contributed by atoms with van der Waals surface area (Å²) in [6.45, 7) is 0. The van der Waals surface area contributed by atoms with Gasteiger partial charge in [-0.1, -0.05) is 17.7 Å². The molecule has 2 aromatic rings. The Labute approximate surface area is 86.7 Å². The van der Waals surface area contributed by atoms with Crippen LogP contribution in [0, 0.1) is 0 Å². The van der Waals surface area contributed by atoms with Crippen molar-refractivity contribution >= 4 is 17.5 Å². The topological polar surface area (TPSA) is 22.0 Å². The Morgan fingerprint density at radius 1 is 1.14 bits per heavy atom. The summed E-state index contributed by atoms with van der Waals surface area (Å²) < 4.78 is 1.52. The third-order valence-corrected chi connectivity index (χ3v) is 2.15. The SMILES string of the molecule is O=C(c1cccc(Cl)c1)n1cccc1. The number of aromatic nitrogens is 1. The van der Waals surface area contributed by atoms with E-state index < -0.39 is 0 Å². The molecule has 0 spiro atoms. The molecule has 14 heavy (non-hydrogen) atoms. The maximum absolute atomic E-state index is 11.8. The van der Waals surface area contributed by atoms with Gasteiger partial charge in [-0.3, -0.25) is 9.36 Å². The van der Waals surface area contributed by atoms with Gasteiger partial charge in [0.15, 0.2) is 0 Å². The fraction of sp³-hybridized carbons (Fsp3) is 0. The molecule has 2 nitrogen and oxygen atoms in total. The summed E-state index contributed by atoms with van der Waals surface area (Å²) >= 11 is 5.79. The highest BCUT2D eigenvalue weighted by molar-refractivity contribution is 6.30. The number of rotatable bonds is 1. The highest BCUT2D eigenvalue weighted by Crippen LogP contribution is 2.11. The first kappa shape index (κ1) is 9.03. The summed E-state index contributed by atoms with van der Waals surface area (Å²) in [5.41, 5.74) is 0.591. The Morgan fingerprint density at radius 2 is 1.86 bits per heavy atom. The van der Waals surface area contributed by atoms with Crippen LogP contribution in [-0.2, 0) is 0 Å². The molecule has 0 aliphatic heterocycles. The highest BCUT2D eigenvalue weighted by atomic mass is 35.5. The number of carbonyl (C=O) groups excluding carboxylic acids is 1. The van der Waals surface area contributed by atoms with Gasteiger partial charge in [-0.25, -0.2) is 0 Å². The minimum absolute atomic E-state index is 0.0718. The molecule has 1 heterocycles. The van der Waals surface area contributed by atoms with E-state index in [1.165, 1.54) is 4.57 Å². The van der Waals surface area contributed by atoms with Crippen molar-refractivity contribution < 1.29 is 4.79 Å². The van der Waals surface area contributed by atoms with Gasteiger partial charge in [0.2, 0.25) is 0 Å². The van der Waals surface area contributed by atoms with E-state index in [1.54, 1.807) is 36.7 Å². The zero-order chi connectivity index (χ0) is 9.97. The van der Waals surface area contributed by atoms with Crippen LogP contribution in [0.3, 0.4) is 0 Å². The van der Waals surface area contributed by atoms with Crippen molar-refractivity contribution in [1.29, 1.82) is 0 Å². The Morgan fingerprint density at radius 3 is 2.50 bits per heavy atom. The molecule has 0 amide bonds. The zero-order valence-electron chi connectivity index (χ0n) is 7.35. The summed E-state index contributed by atoms with van der Waals surface area (Å²) in [4.78, 5) is 11.8.